The highest BCUT2D eigenvalue weighted by atomic mass is 35.5. The summed E-state index contributed by atoms with van der Waals surface area (Å²) < 4.78 is 5.21. The number of hydrogen-bond acceptors (Lipinski definition) is 4. The van der Waals surface area contributed by atoms with Crippen LogP contribution < -0.4 is 5.73 Å². The van der Waals surface area contributed by atoms with Gasteiger partial charge in [0.05, 0.1) is 0 Å². The fraction of sp³-hybridized carbons (Fsp3) is 0.333. The van der Waals surface area contributed by atoms with Crippen molar-refractivity contribution >= 4 is 11.6 Å². The van der Waals surface area contributed by atoms with Gasteiger partial charge in [0.2, 0.25) is 11.7 Å². The molecule has 0 aliphatic rings. The van der Waals surface area contributed by atoms with E-state index in [1.807, 2.05) is 31.2 Å². The molecule has 2 N–H and O–H groups in total. The number of hydrogen-bond donors (Lipinski definition) is 1. The Morgan fingerprint density at radius 3 is 3.00 bits per heavy atom. The molecule has 2 aromatic rings. The first-order valence-corrected chi connectivity index (χ1v) is 5.88. The van der Waals surface area contributed by atoms with Crippen LogP contribution in [0.4, 0.5) is 0 Å². The highest BCUT2D eigenvalue weighted by Gasteiger charge is 2.14. The van der Waals surface area contributed by atoms with Crippen LogP contribution in [-0.4, -0.2) is 16.7 Å². The zero-order valence-electron chi connectivity index (χ0n) is 9.56. The first kappa shape index (κ1) is 12.1. The molecule has 0 aliphatic carbocycles. The summed E-state index contributed by atoms with van der Waals surface area (Å²) >= 11 is 5.91. The van der Waals surface area contributed by atoms with Gasteiger partial charge in [-0.25, -0.2) is 0 Å². The first-order valence-electron chi connectivity index (χ1n) is 5.50. The van der Waals surface area contributed by atoms with Gasteiger partial charge >= 0.3 is 0 Å². The summed E-state index contributed by atoms with van der Waals surface area (Å²) in [6.07, 6.45) is 0.831. The summed E-state index contributed by atoms with van der Waals surface area (Å²) in [5.41, 5.74) is 6.35. The minimum absolute atomic E-state index is 0.181. The summed E-state index contributed by atoms with van der Waals surface area (Å²) in [4.78, 5) is 4.35. The first-order chi connectivity index (χ1) is 8.20. The lowest BCUT2D eigenvalue weighted by atomic mass is 10.1. The van der Waals surface area contributed by atoms with E-state index in [9.17, 15) is 0 Å². The van der Waals surface area contributed by atoms with Crippen LogP contribution in [0.2, 0.25) is 5.02 Å². The zero-order chi connectivity index (χ0) is 12.3. The van der Waals surface area contributed by atoms with Crippen molar-refractivity contribution in [3.8, 4) is 11.4 Å². The van der Waals surface area contributed by atoms with Crippen LogP contribution in [0.3, 0.4) is 0 Å². The lowest BCUT2D eigenvalue weighted by Crippen LogP contribution is -2.04. The van der Waals surface area contributed by atoms with Crippen LogP contribution in [0.5, 0.6) is 0 Å². The second kappa shape index (κ2) is 5.29. The Morgan fingerprint density at radius 1 is 1.47 bits per heavy atom. The monoisotopic (exact) mass is 251 g/mol. The third-order valence-corrected chi connectivity index (χ3v) is 2.78. The molecule has 1 aromatic heterocycles. The lowest BCUT2D eigenvalue weighted by Gasteiger charge is -2.01. The van der Waals surface area contributed by atoms with Crippen molar-refractivity contribution in [3.05, 3.63) is 35.2 Å². The van der Waals surface area contributed by atoms with Gasteiger partial charge in [-0.3, -0.25) is 0 Å². The average molecular weight is 252 g/mol. The molecule has 4 nitrogen and oxygen atoms in total. The maximum absolute atomic E-state index is 5.91. The van der Waals surface area contributed by atoms with Gasteiger partial charge < -0.3 is 10.3 Å². The fourth-order valence-electron chi connectivity index (χ4n) is 1.55. The smallest absolute Gasteiger partial charge is 0.229 e. The zero-order valence-corrected chi connectivity index (χ0v) is 10.3. The van der Waals surface area contributed by atoms with Gasteiger partial charge in [-0.2, -0.15) is 4.98 Å². The number of nitrogens with zero attached hydrogens (tertiary/aromatic N) is 2. The van der Waals surface area contributed by atoms with Crippen LogP contribution >= 0.6 is 11.6 Å². The van der Waals surface area contributed by atoms with Crippen molar-refractivity contribution in [1.82, 2.24) is 10.1 Å². The highest BCUT2D eigenvalue weighted by Crippen LogP contribution is 2.23. The van der Waals surface area contributed by atoms with Crippen molar-refractivity contribution in [2.45, 2.75) is 19.3 Å². The maximum Gasteiger partial charge on any atom is 0.229 e. The SMILES string of the molecule is CC(CCN)c1nc(-c2cccc(Cl)c2)no1. The van der Waals surface area contributed by atoms with Crippen LogP contribution in [0.25, 0.3) is 11.4 Å². The number of rotatable bonds is 4. The van der Waals surface area contributed by atoms with Gasteiger partial charge in [-0.05, 0) is 25.1 Å². The van der Waals surface area contributed by atoms with Crippen molar-refractivity contribution in [2.24, 2.45) is 5.73 Å². The topological polar surface area (TPSA) is 64.9 Å². The van der Waals surface area contributed by atoms with Crippen molar-refractivity contribution in [2.75, 3.05) is 6.54 Å². The summed E-state index contributed by atoms with van der Waals surface area (Å²) in [5, 5.41) is 4.60. The molecular formula is C12H14ClN3O. The van der Waals surface area contributed by atoms with E-state index < -0.39 is 0 Å². The second-order valence-corrected chi connectivity index (χ2v) is 4.38. The number of nitrogens with two attached hydrogens (primary N) is 1. The van der Waals surface area contributed by atoms with E-state index in [1.165, 1.54) is 0 Å². The largest absolute Gasteiger partial charge is 0.339 e. The number of benzene rings is 1. The van der Waals surface area contributed by atoms with E-state index in [0.29, 0.717) is 23.3 Å². The molecule has 1 atom stereocenters. The fourth-order valence-corrected chi connectivity index (χ4v) is 1.74. The van der Waals surface area contributed by atoms with E-state index in [1.54, 1.807) is 0 Å². The molecule has 2 rings (SSSR count). The van der Waals surface area contributed by atoms with Gasteiger partial charge in [-0.15, -0.1) is 0 Å². The van der Waals surface area contributed by atoms with E-state index >= 15 is 0 Å². The Bertz CT molecular complexity index is 498. The maximum atomic E-state index is 5.91. The van der Waals surface area contributed by atoms with Crippen LogP contribution in [-0.2, 0) is 0 Å². The molecule has 0 saturated heterocycles. The molecule has 1 unspecified atom stereocenters. The Morgan fingerprint density at radius 2 is 2.29 bits per heavy atom. The molecule has 0 fully saturated rings. The normalized spacial score (nSPS) is 12.6. The lowest BCUT2D eigenvalue weighted by molar-refractivity contribution is 0.355. The van der Waals surface area contributed by atoms with Crippen LogP contribution in [0.1, 0.15) is 25.2 Å². The molecule has 1 aromatic carbocycles. The molecule has 1 heterocycles. The minimum atomic E-state index is 0.181. The third-order valence-electron chi connectivity index (χ3n) is 2.55. The molecule has 0 bridgehead atoms. The molecule has 90 valence electrons. The summed E-state index contributed by atoms with van der Waals surface area (Å²) in [6.45, 7) is 2.62. The standard InChI is InChI=1S/C12H14ClN3O/c1-8(5-6-14)12-15-11(16-17-12)9-3-2-4-10(13)7-9/h2-4,7-8H,5-6,14H2,1H3. The van der Waals surface area contributed by atoms with Crippen LogP contribution in [0, 0.1) is 0 Å². The molecule has 0 spiro atoms. The van der Waals surface area contributed by atoms with Gasteiger partial charge in [-0.1, -0.05) is 35.8 Å². The Labute approximate surface area is 105 Å². The molecule has 0 saturated carbocycles. The average Bonchev–Trinajstić information content (AvgIpc) is 2.78. The molecule has 17 heavy (non-hydrogen) atoms. The predicted molar refractivity (Wildman–Crippen MR) is 66.8 cm³/mol. The predicted octanol–water partition coefficient (Wildman–Crippen LogP) is 2.84. The van der Waals surface area contributed by atoms with E-state index in [0.717, 1.165) is 12.0 Å². The van der Waals surface area contributed by atoms with Crippen LogP contribution in [0.15, 0.2) is 28.8 Å². The summed E-state index contributed by atoms with van der Waals surface area (Å²) in [7, 11) is 0. The molecular weight excluding hydrogens is 238 g/mol. The molecule has 5 heteroatoms. The third kappa shape index (κ3) is 2.84. The highest BCUT2D eigenvalue weighted by molar-refractivity contribution is 6.30. The Hall–Kier alpha value is -1.39. The van der Waals surface area contributed by atoms with Crippen molar-refractivity contribution < 1.29 is 4.52 Å². The van der Waals surface area contributed by atoms with E-state index in [-0.39, 0.29) is 5.92 Å². The quantitative estimate of drug-likeness (QED) is 0.908. The Balaban J connectivity index is 2.23. The number of aromatic nitrogens is 2. The van der Waals surface area contributed by atoms with Gasteiger partial charge in [0.25, 0.3) is 0 Å². The molecule has 0 aliphatic heterocycles. The van der Waals surface area contributed by atoms with Crippen molar-refractivity contribution in [3.63, 3.8) is 0 Å². The summed E-state index contributed by atoms with van der Waals surface area (Å²) in [5.74, 6) is 1.36. The second-order valence-electron chi connectivity index (χ2n) is 3.94. The molecule has 0 amide bonds. The Kier molecular flexibility index (Phi) is 3.76. The number of halogens is 1. The van der Waals surface area contributed by atoms with E-state index in [2.05, 4.69) is 10.1 Å². The van der Waals surface area contributed by atoms with Crippen molar-refractivity contribution in [1.29, 1.82) is 0 Å². The van der Waals surface area contributed by atoms with E-state index in [4.69, 9.17) is 21.9 Å². The molecule has 0 radical (unpaired) electrons. The summed E-state index contributed by atoms with van der Waals surface area (Å²) in [6, 6.07) is 7.37. The van der Waals surface area contributed by atoms with Gasteiger partial charge in [0.15, 0.2) is 0 Å². The van der Waals surface area contributed by atoms with Gasteiger partial charge in [0.1, 0.15) is 0 Å². The van der Waals surface area contributed by atoms with Gasteiger partial charge in [0, 0.05) is 16.5 Å². The minimum Gasteiger partial charge on any atom is -0.339 e.